The number of hydrogen-bond acceptors (Lipinski definition) is 2. The number of carbonyl (C=O) groups excluding carboxylic acids is 1. The van der Waals surface area contributed by atoms with Gasteiger partial charge in [-0.3, -0.25) is 0 Å². The van der Waals surface area contributed by atoms with Crippen LogP contribution in [0.25, 0.3) is 0 Å². The number of hydrogen-bond donors (Lipinski definition) is 3. The largest absolute Gasteiger partial charge is 0.480 e. The molecule has 3 N–H and O–H groups in total. The van der Waals surface area contributed by atoms with Crippen molar-refractivity contribution < 1.29 is 14.7 Å². The molecule has 1 atom stereocenters. The van der Waals surface area contributed by atoms with Crippen molar-refractivity contribution in [3.8, 4) is 0 Å². The van der Waals surface area contributed by atoms with Gasteiger partial charge in [0.15, 0.2) is 0 Å². The predicted octanol–water partition coefficient (Wildman–Crippen LogP) is 4.12. The van der Waals surface area contributed by atoms with E-state index in [0.29, 0.717) is 14.6 Å². The first-order valence-corrected chi connectivity index (χ1v) is 7.78. The highest BCUT2D eigenvalue weighted by molar-refractivity contribution is 9.11. The van der Waals surface area contributed by atoms with Crippen molar-refractivity contribution >= 4 is 65.5 Å². The van der Waals surface area contributed by atoms with E-state index < -0.39 is 18.0 Å². The Kier molecular flexibility index (Phi) is 6.70. The number of carboxylic acids is 1. The maximum atomic E-state index is 11.8. The molecule has 1 unspecified atom stereocenters. The SMILES string of the molecule is C=CCC(NC(=O)Nc1c(Br)cc(Br)cc1Br)C(=O)O. The fourth-order valence-corrected chi connectivity index (χ4v) is 3.81. The second kappa shape index (κ2) is 7.80. The topological polar surface area (TPSA) is 78.4 Å². The van der Waals surface area contributed by atoms with E-state index in [0.717, 1.165) is 4.47 Å². The van der Waals surface area contributed by atoms with Gasteiger partial charge in [0.05, 0.1) is 5.69 Å². The molecular formula is C12H11Br3N2O3. The number of anilines is 1. The van der Waals surface area contributed by atoms with Gasteiger partial charge < -0.3 is 15.7 Å². The minimum atomic E-state index is -1.12. The quantitative estimate of drug-likeness (QED) is 0.566. The molecule has 0 saturated heterocycles. The highest BCUT2D eigenvalue weighted by atomic mass is 79.9. The van der Waals surface area contributed by atoms with Crippen LogP contribution in [0, 0.1) is 0 Å². The molecule has 0 bridgehead atoms. The standard InChI is InChI=1S/C12H11Br3N2O3/c1-2-3-9(11(18)19)16-12(20)17-10-7(14)4-6(13)5-8(10)15/h2,4-5,9H,1,3H2,(H,18,19)(H2,16,17,20). The van der Waals surface area contributed by atoms with Gasteiger partial charge in [-0.15, -0.1) is 6.58 Å². The van der Waals surface area contributed by atoms with Crippen LogP contribution in [-0.2, 0) is 4.79 Å². The Labute approximate surface area is 141 Å². The van der Waals surface area contributed by atoms with Gasteiger partial charge in [0.1, 0.15) is 6.04 Å². The molecule has 0 radical (unpaired) electrons. The number of urea groups is 1. The van der Waals surface area contributed by atoms with E-state index in [1.807, 2.05) is 0 Å². The number of halogens is 3. The third-order valence-electron chi connectivity index (χ3n) is 2.25. The van der Waals surface area contributed by atoms with Gasteiger partial charge in [-0.25, -0.2) is 9.59 Å². The third kappa shape index (κ3) is 4.92. The predicted molar refractivity (Wildman–Crippen MR) is 87.9 cm³/mol. The summed E-state index contributed by atoms with van der Waals surface area (Å²) in [5.41, 5.74) is 0.508. The summed E-state index contributed by atoms with van der Waals surface area (Å²) >= 11 is 9.95. The zero-order valence-electron chi connectivity index (χ0n) is 10.1. The van der Waals surface area contributed by atoms with Crippen molar-refractivity contribution in [1.82, 2.24) is 5.32 Å². The van der Waals surface area contributed by atoms with Crippen LogP contribution >= 0.6 is 47.8 Å². The van der Waals surface area contributed by atoms with E-state index in [-0.39, 0.29) is 6.42 Å². The summed E-state index contributed by atoms with van der Waals surface area (Å²) in [4.78, 5) is 22.8. The number of aliphatic carboxylic acids is 1. The van der Waals surface area contributed by atoms with Crippen LogP contribution in [0.4, 0.5) is 10.5 Å². The third-order valence-corrected chi connectivity index (χ3v) is 3.96. The van der Waals surface area contributed by atoms with E-state index in [9.17, 15) is 9.59 Å². The molecule has 0 aliphatic rings. The van der Waals surface area contributed by atoms with Crippen molar-refractivity contribution in [2.45, 2.75) is 12.5 Å². The lowest BCUT2D eigenvalue weighted by atomic mass is 10.2. The van der Waals surface area contributed by atoms with Gasteiger partial charge in [0.25, 0.3) is 0 Å². The Morgan fingerprint density at radius 2 is 1.85 bits per heavy atom. The molecule has 0 aliphatic carbocycles. The number of benzene rings is 1. The molecular weight excluding hydrogens is 460 g/mol. The highest BCUT2D eigenvalue weighted by Gasteiger charge is 2.19. The van der Waals surface area contributed by atoms with Crippen molar-refractivity contribution in [3.63, 3.8) is 0 Å². The fraction of sp³-hybridized carbons (Fsp3) is 0.167. The summed E-state index contributed by atoms with van der Waals surface area (Å²) in [6, 6.07) is 1.90. The van der Waals surface area contributed by atoms with E-state index >= 15 is 0 Å². The van der Waals surface area contributed by atoms with Crippen LogP contribution in [0.3, 0.4) is 0 Å². The molecule has 1 rings (SSSR count). The lowest BCUT2D eigenvalue weighted by molar-refractivity contribution is -0.139. The Hall–Kier alpha value is -0.860. The molecule has 0 fully saturated rings. The number of carboxylic acid groups (broad SMARTS) is 1. The minimum absolute atomic E-state index is 0.144. The summed E-state index contributed by atoms with van der Waals surface area (Å²) in [6.45, 7) is 3.46. The maximum absolute atomic E-state index is 11.8. The summed E-state index contributed by atoms with van der Waals surface area (Å²) in [6.07, 6.45) is 1.58. The van der Waals surface area contributed by atoms with Crippen LogP contribution in [0.5, 0.6) is 0 Å². The maximum Gasteiger partial charge on any atom is 0.326 e. The van der Waals surface area contributed by atoms with Crippen molar-refractivity contribution in [3.05, 3.63) is 38.2 Å². The van der Waals surface area contributed by atoms with Crippen LogP contribution in [0.1, 0.15) is 6.42 Å². The fourth-order valence-electron chi connectivity index (χ4n) is 1.36. The molecule has 20 heavy (non-hydrogen) atoms. The normalized spacial score (nSPS) is 11.6. The van der Waals surface area contributed by atoms with E-state index in [1.54, 1.807) is 12.1 Å². The molecule has 0 saturated carbocycles. The van der Waals surface area contributed by atoms with Crippen molar-refractivity contribution in [1.29, 1.82) is 0 Å². The molecule has 0 spiro atoms. The molecule has 1 aromatic rings. The Bertz CT molecular complexity index is 526. The second-order valence-corrected chi connectivity index (χ2v) is 6.38. The lowest BCUT2D eigenvalue weighted by Crippen LogP contribution is -2.42. The Balaban J connectivity index is 2.81. The first-order chi connectivity index (χ1) is 9.35. The summed E-state index contributed by atoms with van der Waals surface area (Å²) < 4.78 is 2.14. The van der Waals surface area contributed by atoms with Gasteiger partial charge in [0, 0.05) is 13.4 Å². The summed E-state index contributed by atoms with van der Waals surface area (Å²) in [5.74, 6) is -1.12. The molecule has 1 aromatic carbocycles. The minimum Gasteiger partial charge on any atom is -0.480 e. The number of amides is 2. The molecule has 8 heteroatoms. The average Bonchev–Trinajstić information content (AvgIpc) is 2.33. The monoisotopic (exact) mass is 468 g/mol. The molecule has 0 aliphatic heterocycles. The lowest BCUT2D eigenvalue weighted by Gasteiger charge is -2.15. The van der Waals surface area contributed by atoms with E-state index in [1.165, 1.54) is 6.08 Å². The molecule has 5 nitrogen and oxygen atoms in total. The van der Waals surface area contributed by atoms with E-state index in [2.05, 4.69) is 65.0 Å². The highest BCUT2D eigenvalue weighted by Crippen LogP contribution is 2.34. The van der Waals surface area contributed by atoms with Gasteiger partial charge in [-0.2, -0.15) is 0 Å². The first kappa shape index (κ1) is 17.2. The van der Waals surface area contributed by atoms with Crippen LogP contribution in [0.15, 0.2) is 38.2 Å². The molecule has 2 amide bonds. The smallest absolute Gasteiger partial charge is 0.326 e. The van der Waals surface area contributed by atoms with Gasteiger partial charge in [-0.1, -0.05) is 22.0 Å². The zero-order valence-corrected chi connectivity index (χ0v) is 14.9. The van der Waals surface area contributed by atoms with Gasteiger partial charge >= 0.3 is 12.0 Å². The summed E-state index contributed by atoms with van der Waals surface area (Å²) in [7, 11) is 0. The first-order valence-electron chi connectivity index (χ1n) is 5.41. The van der Waals surface area contributed by atoms with Crippen molar-refractivity contribution in [2.24, 2.45) is 0 Å². The van der Waals surface area contributed by atoms with Gasteiger partial charge in [0.2, 0.25) is 0 Å². The van der Waals surface area contributed by atoms with Crippen molar-refractivity contribution in [2.75, 3.05) is 5.32 Å². The second-order valence-electron chi connectivity index (χ2n) is 3.76. The molecule has 108 valence electrons. The van der Waals surface area contributed by atoms with Gasteiger partial charge in [-0.05, 0) is 50.4 Å². The number of nitrogens with one attached hydrogen (secondary N) is 2. The van der Waals surface area contributed by atoms with Crippen LogP contribution < -0.4 is 10.6 Å². The Morgan fingerprint density at radius 3 is 2.30 bits per heavy atom. The average molecular weight is 471 g/mol. The van der Waals surface area contributed by atoms with Crippen LogP contribution in [-0.4, -0.2) is 23.1 Å². The molecule has 0 aromatic heterocycles. The summed E-state index contributed by atoms with van der Waals surface area (Å²) in [5, 5.41) is 13.9. The van der Waals surface area contributed by atoms with E-state index in [4.69, 9.17) is 5.11 Å². The Morgan fingerprint density at radius 1 is 1.30 bits per heavy atom. The van der Waals surface area contributed by atoms with Crippen LogP contribution in [0.2, 0.25) is 0 Å². The zero-order chi connectivity index (χ0) is 15.3. The number of rotatable bonds is 5. The molecule has 0 heterocycles. The number of carbonyl (C=O) groups is 2.